The van der Waals surface area contributed by atoms with E-state index in [9.17, 15) is 4.79 Å². The van der Waals surface area contributed by atoms with Crippen LogP contribution in [0.1, 0.15) is 15.9 Å². The SMILES string of the molecule is COC(=O)c1ccc(C=C(CBr)COc2cccc3c2[nH]c2ccccc23)cc1. The number of rotatable bonds is 6. The number of hydrogen-bond acceptors (Lipinski definition) is 3. The Bertz CT molecular complexity index is 1190. The Labute approximate surface area is 177 Å². The van der Waals surface area contributed by atoms with Crippen LogP contribution in [0.5, 0.6) is 5.75 Å². The van der Waals surface area contributed by atoms with Gasteiger partial charge in [-0.15, -0.1) is 0 Å². The Morgan fingerprint density at radius 2 is 1.76 bits per heavy atom. The zero-order valence-electron chi connectivity index (χ0n) is 15.9. The third kappa shape index (κ3) is 4.05. The number of halogens is 1. The van der Waals surface area contributed by atoms with Crippen LogP contribution in [0.25, 0.3) is 27.9 Å². The van der Waals surface area contributed by atoms with Gasteiger partial charge in [0.15, 0.2) is 0 Å². The molecular weight excluding hydrogens is 430 g/mol. The number of fused-ring (bicyclic) bond motifs is 3. The van der Waals surface area contributed by atoms with Crippen LogP contribution in [-0.2, 0) is 4.74 Å². The Morgan fingerprint density at radius 1 is 1.00 bits per heavy atom. The third-order valence-electron chi connectivity index (χ3n) is 4.79. The second kappa shape index (κ2) is 8.53. The summed E-state index contributed by atoms with van der Waals surface area (Å²) >= 11 is 3.54. The van der Waals surface area contributed by atoms with Gasteiger partial charge in [0, 0.05) is 21.6 Å². The lowest BCUT2D eigenvalue weighted by Crippen LogP contribution is -2.03. The Kier molecular flexibility index (Phi) is 5.67. The minimum absolute atomic E-state index is 0.337. The highest BCUT2D eigenvalue weighted by molar-refractivity contribution is 9.09. The molecule has 4 nitrogen and oxygen atoms in total. The van der Waals surface area contributed by atoms with E-state index in [2.05, 4.69) is 45.2 Å². The molecule has 0 radical (unpaired) electrons. The topological polar surface area (TPSA) is 51.3 Å². The molecule has 146 valence electrons. The number of H-pyrrole nitrogens is 1. The number of alkyl halides is 1. The molecule has 1 heterocycles. The van der Waals surface area contributed by atoms with Gasteiger partial charge >= 0.3 is 5.97 Å². The summed E-state index contributed by atoms with van der Waals surface area (Å²) < 4.78 is 10.9. The molecule has 4 aromatic rings. The summed E-state index contributed by atoms with van der Waals surface area (Å²) in [4.78, 5) is 15.0. The molecule has 0 fully saturated rings. The Hall–Kier alpha value is -3.05. The molecule has 0 aliphatic heterocycles. The number of carbonyl (C=O) groups excluding carboxylic acids is 1. The lowest BCUT2D eigenvalue weighted by Gasteiger charge is -2.09. The van der Waals surface area contributed by atoms with E-state index in [1.807, 2.05) is 36.4 Å². The highest BCUT2D eigenvalue weighted by atomic mass is 79.9. The molecule has 0 atom stereocenters. The van der Waals surface area contributed by atoms with Crippen LogP contribution in [0.15, 0.2) is 72.3 Å². The standard InChI is InChI=1S/C24H20BrNO3/c1-28-24(27)18-11-9-16(10-12-18)13-17(14-25)15-29-22-8-4-6-20-19-5-2-3-7-21(19)26-23(20)22/h2-13,26H,14-15H2,1H3. The largest absolute Gasteiger partial charge is 0.487 e. The molecule has 0 saturated carbocycles. The van der Waals surface area contributed by atoms with Crippen molar-refractivity contribution < 1.29 is 14.3 Å². The fourth-order valence-electron chi connectivity index (χ4n) is 3.32. The Balaban J connectivity index is 1.55. The van der Waals surface area contributed by atoms with Gasteiger partial charge in [0.05, 0.1) is 18.2 Å². The van der Waals surface area contributed by atoms with Crippen molar-refractivity contribution in [2.24, 2.45) is 0 Å². The highest BCUT2D eigenvalue weighted by Crippen LogP contribution is 2.31. The van der Waals surface area contributed by atoms with Gasteiger partial charge in [-0.05, 0) is 35.4 Å². The first-order chi connectivity index (χ1) is 14.2. The van der Waals surface area contributed by atoms with E-state index in [1.54, 1.807) is 12.1 Å². The van der Waals surface area contributed by atoms with Gasteiger partial charge < -0.3 is 14.5 Å². The normalized spacial score (nSPS) is 11.7. The number of aromatic amines is 1. The second-order valence-electron chi connectivity index (χ2n) is 6.69. The van der Waals surface area contributed by atoms with Crippen LogP contribution in [-0.4, -0.2) is 30.0 Å². The molecular formula is C24H20BrNO3. The smallest absolute Gasteiger partial charge is 0.337 e. The van der Waals surface area contributed by atoms with Gasteiger partial charge in [-0.1, -0.05) is 64.5 Å². The third-order valence-corrected chi connectivity index (χ3v) is 5.51. The molecule has 0 saturated heterocycles. The number of esters is 1. The summed E-state index contributed by atoms with van der Waals surface area (Å²) in [7, 11) is 1.38. The maximum Gasteiger partial charge on any atom is 0.337 e. The van der Waals surface area contributed by atoms with Crippen LogP contribution < -0.4 is 4.74 Å². The monoisotopic (exact) mass is 449 g/mol. The fraction of sp³-hybridized carbons (Fsp3) is 0.125. The summed E-state index contributed by atoms with van der Waals surface area (Å²) in [6.45, 7) is 0.457. The van der Waals surface area contributed by atoms with Crippen molar-refractivity contribution in [3.8, 4) is 5.75 Å². The van der Waals surface area contributed by atoms with Crippen molar-refractivity contribution in [3.63, 3.8) is 0 Å². The number of methoxy groups -OCH3 is 1. The summed E-state index contributed by atoms with van der Waals surface area (Å²) in [5.74, 6) is 0.489. The zero-order valence-corrected chi connectivity index (χ0v) is 17.5. The summed E-state index contributed by atoms with van der Waals surface area (Å²) in [6, 6.07) is 21.7. The summed E-state index contributed by atoms with van der Waals surface area (Å²) in [6.07, 6.45) is 2.06. The van der Waals surface area contributed by atoms with E-state index in [4.69, 9.17) is 9.47 Å². The van der Waals surface area contributed by atoms with Crippen LogP contribution in [0, 0.1) is 0 Å². The predicted molar refractivity (Wildman–Crippen MR) is 121 cm³/mol. The molecule has 0 unspecified atom stereocenters. The minimum atomic E-state index is -0.337. The average molecular weight is 450 g/mol. The highest BCUT2D eigenvalue weighted by Gasteiger charge is 2.09. The van der Waals surface area contributed by atoms with Crippen molar-refractivity contribution in [1.82, 2.24) is 4.98 Å². The van der Waals surface area contributed by atoms with Gasteiger partial charge in [0.1, 0.15) is 12.4 Å². The molecule has 0 bridgehead atoms. The van der Waals surface area contributed by atoms with Gasteiger partial charge in [-0.2, -0.15) is 0 Å². The lowest BCUT2D eigenvalue weighted by atomic mass is 10.1. The van der Waals surface area contributed by atoms with Crippen molar-refractivity contribution >= 4 is 49.8 Å². The van der Waals surface area contributed by atoms with Gasteiger partial charge in [0.2, 0.25) is 0 Å². The number of benzene rings is 3. The van der Waals surface area contributed by atoms with Gasteiger partial charge in [-0.3, -0.25) is 0 Å². The molecule has 5 heteroatoms. The number of nitrogens with one attached hydrogen (secondary N) is 1. The van der Waals surface area contributed by atoms with Crippen molar-refractivity contribution in [2.75, 3.05) is 19.0 Å². The van der Waals surface area contributed by atoms with Crippen molar-refractivity contribution in [1.29, 1.82) is 0 Å². The minimum Gasteiger partial charge on any atom is -0.487 e. The molecule has 0 aliphatic carbocycles. The number of ether oxygens (including phenoxy) is 2. The number of aromatic nitrogens is 1. The quantitative estimate of drug-likeness (QED) is 0.291. The molecule has 0 amide bonds. The molecule has 3 aromatic carbocycles. The number of para-hydroxylation sites is 2. The maximum absolute atomic E-state index is 11.6. The van der Waals surface area contributed by atoms with E-state index in [1.165, 1.54) is 12.5 Å². The summed E-state index contributed by atoms with van der Waals surface area (Å²) in [5, 5.41) is 3.03. The van der Waals surface area contributed by atoms with Crippen LogP contribution in [0.2, 0.25) is 0 Å². The average Bonchev–Trinajstić information content (AvgIpc) is 3.16. The van der Waals surface area contributed by atoms with Crippen LogP contribution in [0.4, 0.5) is 0 Å². The molecule has 0 aliphatic rings. The first-order valence-corrected chi connectivity index (χ1v) is 10.4. The number of carbonyl (C=O) groups is 1. The molecule has 0 spiro atoms. The molecule has 1 aromatic heterocycles. The van der Waals surface area contributed by atoms with E-state index in [0.29, 0.717) is 17.5 Å². The van der Waals surface area contributed by atoms with E-state index >= 15 is 0 Å². The molecule has 4 rings (SSSR count). The van der Waals surface area contributed by atoms with Crippen LogP contribution in [0.3, 0.4) is 0 Å². The number of hydrogen-bond donors (Lipinski definition) is 1. The predicted octanol–water partition coefficient (Wildman–Crippen LogP) is 5.97. The maximum atomic E-state index is 11.6. The molecule has 29 heavy (non-hydrogen) atoms. The van der Waals surface area contributed by atoms with E-state index in [0.717, 1.165) is 33.3 Å². The van der Waals surface area contributed by atoms with Crippen molar-refractivity contribution in [3.05, 3.63) is 83.4 Å². The van der Waals surface area contributed by atoms with Gasteiger partial charge in [-0.25, -0.2) is 4.79 Å². The first kappa shape index (κ1) is 19.3. The first-order valence-electron chi connectivity index (χ1n) is 9.25. The fourth-order valence-corrected chi connectivity index (χ4v) is 3.65. The summed E-state index contributed by atoms with van der Waals surface area (Å²) in [5.41, 5.74) is 4.72. The van der Waals surface area contributed by atoms with E-state index < -0.39 is 0 Å². The Morgan fingerprint density at radius 3 is 2.52 bits per heavy atom. The zero-order chi connectivity index (χ0) is 20.2. The second-order valence-corrected chi connectivity index (χ2v) is 7.25. The lowest BCUT2D eigenvalue weighted by molar-refractivity contribution is 0.0600. The van der Waals surface area contributed by atoms with Crippen LogP contribution >= 0.6 is 15.9 Å². The van der Waals surface area contributed by atoms with E-state index in [-0.39, 0.29) is 5.97 Å². The van der Waals surface area contributed by atoms with Gasteiger partial charge in [0.25, 0.3) is 0 Å². The molecule has 1 N–H and O–H groups in total. The van der Waals surface area contributed by atoms with Crippen molar-refractivity contribution in [2.45, 2.75) is 0 Å².